The molecular formula is C54H82Cl2N2O8. The van der Waals surface area contributed by atoms with E-state index in [-0.39, 0.29) is 26.4 Å². The fraction of sp³-hybridized carbons (Fsp3) is 0.704. The van der Waals surface area contributed by atoms with Crippen LogP contribution in [-0.2, 0) is 38.1 Å². The highest BCUT2D eigenvalue weighted by molar-refractivity contribution is 6.30. The molecule has 0 radical (unpaired) electrons. The van der Waals surface area contributed by atoms with E-state index in [2.05, 4.69) is 27.7 Å². The van der Waals surface area contributed by atoms with Gasteiger partial charge in [0.15, 0.2) is 0 Å². The number of carbonyl (C=O) groups is 4. The van der Waals surface area contributed by atoms with Gasteiger partial charge in [-0.15, -0.1) is 0 Å². The lowest BCUT2D eigenvalue weighted by molar-refractivity contribution is -0.163. The lowest BCUT2D eigenvalue weighted by atomic mass is 9.82. The van der Waals surface area contributed by atoms with Crippen molar-refractivity contribution in [2.75, 3.05) is 26.4 Å². The molecule has 0 bridgehead atoms. The van der Waals surface area contributed by atoms with E-state index in [0.717, 1.165) is 128 Å². The Morgan fingerprint density at radius 3 is 0.894 bits per heavy atom. The third-order valence-corrected chi connectivity index (χ3v) is 13.7. The minimum absolute atomic E-state index is 0.166. The Labute approximate surface area is 407 Å². The standard InChI is InChI=1S/C54H82Cl2N2O8/c1-5-9-13-17-21-25-37-63-51(59)45-47(41-29-33-43(55)34-30-41)57-50(54(62)66-40-28-24-20-16-12-8-4)46(52(60)64-38-26-22-18-14-10-6-2)48(42-31-35-44(56)36-32-42)58(57)49(45)53(61)65-39-27-23-19-15-11-7-3/h29-36,45-50H,5-28,37-40H2,1-4H3/t45-,46-,47-,48+,49+,50+/m0/s1. The molecule has 2 heterocycles. The van der Waals surface area contributed by atoms with Gasteiger partial charge in [0.05, 0.1) is 38.5 Å². The first-order valence-corrected chi connectivity index (χ1v) is 26.7. The smallest absolute Gasteiger partial charge is 0.325 e. The van der Waals surface area contributed by atoms with Gasteiger partial charge in [0.25, 0.3) is 0 Å². The van der Waals surface area contributed by atoms with Gasteiger partial charge < -0.3 is 18.9 Å². The average molecular weight is 958 g/mol. The van der Waals surface area contributed by atoms with E-state index in [1.54, 1.807) is 34.3 Å². The lowest BCUT2D eigenvalue weighted by Gasteiger charge is -2.32. The van der Waals surface area contributed by atoms with Gasteiger partial charge in [-0.3, -0.25) is 19.2 Å². The number of ether oxygens (including phenoxy) is 4. The summed E-state index contributed by atoms with van der Waals surface area (Å²) in [5.74, 6) is -4.68. The van der Waals surface area contributed by atoms with Gasteiger partial charge in [-0.1, -0.05) is 204 Å². The Hall–Kier alpha value is -3.18. The second kappa shape index (κ2) is 31.8. The third-order valence-electron chi connectivity index (χ3n) is 13.2. The van der Waals surface area contributed by atoms with Gasteiger partial charge in [0, 0.05) is 10.0 Å². The Bertz CT molecular complexity index is 1570. The maximum atomic E-state index is 15.0. The van der Waals surface area contributed by atoms with E-state index in [0.29, 0.717) is 46.9 Å². The van der Waals surface area contributed by atoms with Gasteiger partial charge in [0.2, 0.25) is 0 Å². The van der Waals surface area contributed by atoms with Crippen LogP contribution in [-0.4, -0.2) is 72.4 Å². The third kappa shape index (κ3) is 17.1. The van der Waals surface area contributed by atoms with Crippen LogP contribution in [0.25, 0.3) is 0 Å². The molecule has 370 valence electrons. The van der Waals surface area contributed by atoms with E-state index in [1.165, 1.54) is 0 Å². The number of nitrogens with zero attached hydrogens (tertiary/aromatic N) is 2. The molecule has 12 heteroatoms. The number of hydrogen-bond donors (Lipinski definition) is 0. The second-order valence-electron chi connectivity index (χ2n) is 18.4. The Balaban J connectivity index is 1.83. The highest BCUT2D eigenvalue weighted by atomic mass is 35.5. The van der Waals surface area contributed by atoms with Gasteiger partial charge in [-0.05, 0) is 61.1 Å². The van der Waals surface area contributed by atoms with Crippen LogP contribution in [0, 0.1) is 11.8 Å². The number of fused-ring (bicyclic) bond motifs is 1. The minimum Gasteiger partial charge on any atom is -0.465 e. The van der Waals surface area contributed by atoms with Crippen molar-refractivity contribution >= 4 is 47.1 Å². The summed E-state index contributed by atoms with van der Waals surface area (Å²) in [4.78, 5) is 59.8. The fourth-order valence-corrected chi connectivity index (χ4v) is 9.82. The number of carbonyl (C=O) groups excluding carboxylic acids is 4. The van der Waals surface area contributed by atoms with E-state index >= 15 is 0 Å². The van der Waals surface area contributed by atoms with Gasteiger partial charge in [0.1, 0.15) is 23.9 Å². The van der Waals surface area contributed by atoms with Crippen molar-refractivity contribution in [3.63, 3.8) is 0 Å². The minimum atomic E-state index is -1.27. The maximum Gasteiger partial charge on any atom is 0.325 e. The highest BCUT2D eigenvalue weighted by Crippen LogP contribution is 2.56. The molecular weight excluding hydrogens is 876 g/mol. The molecule has 6 atom stereocenters. The molecule has 2 aromatic rings. The van der Waals surface area contributed by atoms with Crippen LogP contribution in [0.2, 0.25) is 10.0 Å². The zero-order chi connectivity index (χ0) is 47.5. The van der Waals surface area contributed by atoms with Crippen LogP contribution in [0.4, 0.5) is 0 Å². The molecule has 10 nitrogen and oxygen atoms in total. The number of hydrogen-bond acceptors (Lipinski definition) is 10. The van der Waals surface area contributed by atoms with Gasteiger partial charge in [-0.25, -0.2) is 10.0 Å². The Morgan fingerprint density at radius 1 is 0.379 bits per heavy atom. The summed E-state index contributed by atoms with van der Waals surface area (Å²) in [6.07, 6.45) is 24.1. The van der Waals surface area contributed by atoms with Gasteiger partial charge in [-0.2, -0.15) is 0 Å². The van der Waals surface area contributed by atoms with Crippen LogP contribution in [0.15, 0.2) is 48.5 Å². The van der Waals surface area contributed by atoms with Crippen molar-refractivity contribution in [1.29, 1.82) is 0 Å². The molecule has 4 rings (SSSR count). The SMILES string of the molecule is CCCCCCCCOC(=O)[C@@H]1[C@H](C(=O)OCCCCCCCC)N2[C@H](c3ccc(Cl)cc3)[C@H](C(=O)OCCCCCCCC)[C@H](C(=O)OCCCCCCCC)N2[C@H]1c1ccc(Cl)cc1. The summed E-state index contributed by atoms with van der Waals surface area (Å²) in [5, 5.41) is 4.49. The molecule has 2 aromatic carbocycles. The van der Waals surface area contributed by atoms with Crippen molar-refractivity contribution in [3.8, 4) is 0 Å². The number of hydrazine groups is 1. The number of benzene rings is 2. The molecule has 0 spiro atoms. The summed E-state index contributed by atoms with van der Waals surface area (Å²) in [5.41, 5.74) is 1.25. The fourth-order valence-electron chi connectivity index (χ4n) is 9.57. The molecule has 0 aromatic heterocycles. The highest BCUT2D eigenvalue weighted by Gasteiger charge is 2.69. The largest absolute Gasteiger partial charge is 0.465 e. The summed E-state index contributed by atoms with van der Waals surface area (Å²) in [7, 11) is 0. The monoisotopic (exact) mass is 957 g/mol. The number of halogens is 2. The predicted octanol–water partition coefficient (Wildman–Crippen LogP) is 13.9. The van der Waals surface area contributed by atoms with E-state index in [4.69, 9.17) is 42.1 Å². The Morgan fingerprint density at radius 2 is 0.621 bits per heavy atom. The predicted molar refractivity (Wildman–Crippen MR) is 264 cm³/mol. The quantitative estimate of drug-likeness (QED) is 0.0382. The average Bonchev–Trinajstić information content (AvgIpc) is 3.84. The molecule has 2 aliphatic heterocycles. The topological polar surface area (TPSA) is 112 Å². The summed E-state index contributed by atoms with van der Waals surface area (Å²) >= 11 is 13.0. The maximum absolute atomic E-state index is 15.0. The zero-order valence-corrected chi connectivity index (χ0v) is 42.3. The van der Waals surface area contributed by atoms with Crippen LogP contribution in [0.1, 0.15) is 205 Å². The number of unbranched alkanes of at least 4 members (excludes halogenated alkanes) is 20. The molecule has 2 aliphatic rings. The number of rotatable bonds is 34. The summed E-state index contributed by atoms with van der Waals surface area (Å²) in [6, 6.07) is 9.74. The molecule has 0 N–H and O–H groups in total. The molecule has 66 heavy (non-hydrogen) atoms. The van der Waals surface area contributed by atoms with E-state index in [9.17, 15) is 19.2 Å². The van der Waals surface area contributed by atoms with Crippen molar-refractivity contribution < 1.29 is 38.1 Å². The first-order chi connectivity index (χ1) is 32.2. The molecule has 0 unspecified atom stereocenters. The van der Waals surface area contributed by atoms with Crippen LogP contribution >= 0.6 is 23.2 Å². The van der Waals surface area contributed by atoms with Crippen molar-refractivity contribution in [2.45, 2.75) is 206 Å². The molecule has 0 aliphatic carbocycles. The van der Waals surface area contributed by atoms with Crippen LogP contribution in [0.5, 0.6) is 0 Å². The van der Waals surface area contributed by atoms with Crippen LogP contribution in [0.3, 0.4) is 0 Å². The molecule has 0 amide bonds. The number of esters is 4. The Kier molecular flexibility index (Phi) is 26.7. The van der Waals surface area contributed by atoms with E-state index in [1.807, 2.05) is 24.3 Å². The molecule has 0 saturated carbocycles. The van der Waals surface area contributed by atoms with Gasteiger partial charge >= 0.3 is 23.9 Å². The second-order valence-corrected chi connectivity index (χ2v) is 19.3. The van der Waals surface area contributed by atoms with Crippen LogP contribution < -0.4 is 0 Å². The van der Waals surface area contributed by atoms with Crippen molar-refractivity contribution in [3.05, 3.63) is 69.7 Å². The van der Waals surface area contributed by atoms with E-state index < -0.39 is 59.9 Å². The lowest BCUT2D eigenvalue weighted by Crippen LogP contribution is -2.47. The van der Waals surface area contributed by atoms with Crippen molar-refractivity contribution in [2.24, 2.45) is 11.8 Å². The summed E-state index contributed by atoms with van der Waals surface area (Å²) in [6.45, 7) is 9.41. The zero-order valence-electron chi connectivity index (χ0n) is 40.8. The molecule has 2 saturated heterocycles. The normalized spacial score (nSPS) is 20.6. The first kappa shape index (κ1) is 55.4. The first-order valence-electron chi connectivity index (χ1n) is 25.9. The summed E-state index contributed by atoms with van der Waals surface area (Å²) < 4.78 is 24.6. The molecule has 2 fully saturated rings. The van der Waals surface area contributed by atoms with Crippen molar-refractivity contribution in [1.82, 2.24) is 10.0 Å².